The van der Waals surface area contributed by atoms with Gasteiger partial charge in [-0.25, -0.2) is 4.98 Å². The van der Waals surface area contributed by atoms with Crippen LogP contribution in [-0.4, -0.2) is 9.55 Å². The lowest BCUT2D eigenvalue weighted by atomic mass is 10.1. The molecule has 0 aliphatic rings. The number of alkyl halides is 3. The van der Waals surface area contributed by atoms with Crippen molar-refractivity contribution >= 4 is 11.0 Å². The minimum absolute atomic E-state index is 0.373. The zero-order valence-corrected chi connectivity index (χ0v) is 11.4. The van der Waals surface area contributed by atoms with E-state index >= 15 is 0 Å². The molecule has 0 radical (unpaired) electrons. The average molecular weight is 290 g/mol. The number of benzene rings is 2. The molecular formula is C16H13F3N2. The van der Waals surface area contributed by atoms with Crippen molar-refractivity contribution in [1.82, 2.24) is 9.55 Å². The zero-order valence-electron chi connectivity index (χ0n) is 11.4. The Morgan fingerprint density at radius 2 is 1.76 bits per heavy atom. The first-order valence-electron chi connectivity index (χ1n) is 6.51. The standard InChI is InChI=1S/C16H13F3N2/c1-21-14-8-7-12(16(17,18)19)10-13(14)20-15(21)9-11-5-3-2-4-6-11/h2-8,10H,9H2,1H3. The normalized spacial score (nSPS) is 12.0. The van der Waals surface area contributed by atoms with Crippen molar-refractivity contribution in [2.75, 3.05) is 0 Å². The van der Waals surface area contributed by atoms with Crippen molar-refractivity contribution in [2.24, 2.45) is 7.05 Å². The van der Waals surface area contributed by atoms with E-state index in [2.05, 4.69) is 4.98 Å². The highest BCUT2D eigenvalue weighted by atomic mass is 19.4. The summed E-state index contributed by atoms with van der Waals surface area (Å²) >= 11 is 0. The molecule has 3 rings (SSSR count). The second-order valence-corrected chi connectivity index (χ2v) is 4.95. The maximum absolute atomic E-state index is 12.7. The number of fused-ring (bicyclic) bond motifs is 1. The van der Waals surface area contributed by atoms with Gasteiger partial charge >= 0.3 is 6.18 Å². The van der Waals surface area contributed by atoms with Gasteiger partial charge in [0.15, 0.2) is 0 Å². The first-order chi connectivity index (χ1) is 9.95. The van der Waals surface area contributed by atoms with Crippen LogP contribution in [0.5, 0.6) is 0 Å². The van der Waals surface area contributed by atoms with Gasteiger partial charge in [-0.3, -0.25) is 0 Å². The van der Waals surface area contributed by atoms with Crippen LogP contribution in [0.3, 0.4) is 0 Å². The molecule has 0 unspecified atom stereocenters. The third-order valence-corrected chi connectivity index (χ3v) is 3.51. The molecule has 0 spiro atoms. The van der Waals surface area contributed by atoms with Gasteiger partial charge in [0, 0.05) is 13.5 Å². The van der Waals surface area contributed by atoms with Crippen molar-refractivity contribution in [2.45, 2.75) is 12.6 Å². The van der Waals surface area contributed by atoms with Crippen LogP contribution in [-0.2, 0) is 19.6 Å². The van der Waals surface area contributed by atoms with Crippen LogP contribution >= 0.6 is 0 Å². The molecule has 0 N–H and O–H groups in total. The molecule has 108 valence electrons. The Morgan fingerprint density at radius 1 is 1.05 bits per heavy atom. The molecule has 5 heteroatoms. The highest BCUT2D eigenvalue weighted by molar-refractivity contribution is 5.77. The molecule has 1 aromatic heterocycles. The first kappa shape index (κ1) is 13.7. The molecule has 2 nitrogen and oxygen atoms in total. The Hall–Kier alpha value is -2.30. The molecule has 0 saturated heterocycles. The monoisotopic (exact) mass is 290 g/mol. The van der Waals surface area contributed by atoms with Crippen molar-refractivity contribution in [3.8, 4) is 0 Å². The fourth-order valence-corrected chi connectivity index (χ4v) is 2.36. The van der Waals surface area contributed by atoms with Gasteiger partial charge in [-0.1, -0.05) is 30.3 Å². The third-order valence-electron chi connectivity index (χ3n) is 3.51. The number of hydrogen-bond donors (Lipinski definition) is 0. The van der Waals surface area contributed by atoms with Crippen LogP contribution in [0.4, 0.5) is 13.2 Å². The smallest absolute Gasteiger partial charge is 0.331 e. The maximum atomic E-state index is 12.7. The van der Waals surface area contributed by atoms with E-state index in [1.165, 1.54) is 6.07 Å². The molecule has 0 aliphatic carbocycles. The van der Waals surface area contributed by atoms with E-state index < -0.39 is 11.7 Å². The van der Waals surface area contributed by atoms with Crippen molar-refractivity contribution in [3.63, 3.8) is 0 Å². The highest BCUT2D eigenvalue weighted by Gasteiger charge is 2.30. The SMILES string of the molecule is Cn1c(Cc2ccccc2)nc2cc(C(F)(F)F)ccc21. The lowest BCUT2D eigenvalue weighted by Crippen LogP contribution is -2.04. The van der Waals surface area contributed by atoms with Gasteiger partial charge in [0.25, 0.3) is 0 Å². The molecule has 1 heterocycles. The molecule has 0 aliphatic heterocycles. The molecular weight excluding hydrogens is 277 g/mol. The topological polar surface area (TPSA) is 17.8 Å². The van der Waals surface area contributed by atoms with Gasteiger partial charge in [0.05, 0.1) is 16.6 Å². The van der Waals surface area contributed by atoms with Crippen LogP contribution in [0.2, 0.25) is 0 Å². The Labute approximate surface area is 119 Å². The van der Waals surface area contributed by atoms with E-state index in [0.29, 0.717) is 17.5 Å². The van der Waals surface area contributed by atoms with Crippen LogP contribution in [0, 0.1) is 0 Å². The van der Waals surface area contributed by atoms with Crippen molar-refractivity contribution in [3.05, 3.63) is 65.5 Å². The molecule has 3 aromatic rings. The minimum atomic E-state index is -4.34. The van der Waals surface area contributed by atoms with Crippen LogP contribution in [0.1, 0.15) is 17.0 Å². The van der Waals surface area contributed by atoms with E-state index in [1.807, 2.05) is 41.9 Å². The number of hydrogen-bond acceptors (Lipinski definition) is 1. The number of nitrogens with zero attached hydrogens (tertiary/aromatic N) is 2. The number of rotatable bonds is 2. The third kappa shape index (κ3) is 2.63. The summed E-state index contributed by atoms with van der Waals surface area (Å²) in [4.78, 5) is 4.34. The van der Waals surface area contributed by atoms with Gasteiger partial charge in [0.1, 0.15) is 5.82 Å². The fraction of sp³-hybridized carbons (Fsp3) is 0.188. The summed E-state index contributed by atoms with van der Waals surface area (Å²) in [5, 5.41) is 0. The summed E-state index contributed by atoms with van der Waals surface area (Å²) in [6.07, 6.45) is -3.75. The van der Waals surface area contributed by atoms with E-state index in [9.17, 15) is 13.2 Å². The Kier molecular flexibility index (Phi) is 3.20. The molecule has 0 bridgehead atoms. The maximum Gasteiger partial charge on any atom is 0.416 e. The van der Waals surface area contributed by atoms with Gasteiger partial charge in [0.2, 0.25) is 0 Å². The van der Waals surface area contributed by atoms with Gasteiger partial charge in [-0.15, -0.1) is 0 Å². The molecule has 0 amide bonds. The van der Waals surface area contributed by atoms with E-state index in [4.69, 9.17) is 0 Å². The summed E-state index contributed by atoms with van der Waals surface area (Å²) in [6.45, 7) is 0. The van der Waals surface area contributed by atoms with Gasteiger partial charge in [-0.05, 0) is 23.8 Å². The highest BCUT2D eigenvalue weighted by Crippen LogP contribution is 2.31. The number of aryl methyl sites for hydroxylation is 1. The molecule has 0 atom stereocenters. The Morgan fingerprint density at radius 3 is 2.43 bits per heavy atom. The lowest BCUT2D eigenvalue weighted by Gasteiger charge is -2.06. The van der Waals surface area contributed by atoms with Crippen LogP contribution < -0.4 is 0 Å². The number of aromatic nitrogens is 2. The number of imidazole rings is 1. The Balaban J connectivity index is 2.03. The summed E-state index contributed by atoms with van der Waals surface area (Å²) in [6, 6.07) is 13.4. The van der Waals surface area contributed by atoms with Gasteiger partial charge in [-0.2, -0.15) is 13.2 Å². The first-order valence-corrected chi connectivity index (χ1v) is 6.51. The van der Waals surface area contributed by atoms with Crippen LogP contribution in [0.25, 0.3) is 11.0 Å². The Bertz CT molecular complexity index is 773. The summed E-state index contributed by atoms with van der Waals surface area (Å²) in [7, 11) is 1.82. The van der Waals surface area contributed by atoms with E-state index in [-0.39, 0.29) is 0 Å². The molecule has 21 heavy (non-hydrogen) atoms. The second-order valence-electron chi connectivity index (χ2n) is 4.95. The zero-order chi connectivity index (χ0) is 15.0. The van der Waals surface area contributed by atoms with Crippen molar-refractivity contribution < 1.29 is 13.2 Å². The summed E-state index contributed by atoms with van der Waals surface area (Å²) in [5.74, 6) is 0.746. The van der Waals surface area contributed by atoms with Crippen LogP contribution in [0.15, 0.2) is 48.5 Å². The second kappa shape index (κ2) is 4.91. The predicted molar refractivity (Wildman–Crippen MR) is 75.0 cm³/mol. The van der Waals surface area contributed by atoms with Gasteiger partial charge < -0.3 is 4.57 Å². The quantitative estimate of drug-likeness (QED) is 0.692. The van der Waals surface area contributed by atoms with E-state index in [1.54, 1.807) is 0 Å². The molecule has 2 aromatic carbocycles. The fourth-order valence-electron chi connectivity index (χ4n) is 2.36. The molecule has 0 saturated carbocycles. The summed E-state index contributed by atoms with van der Waals surface area (Å²) in [5.41, 5.74) is 1.48. The largest absolute Gasteiger partial charge is 0.416 e. The van der Waals surface area contributed by atoms with Crippen molar-refractivity contribution in [1.29, 1.82) is 0 Å². The van der Waals surface area contributed by atoms with E-state index in [0.717, 1.165) is 23.5 Å². The minimum Gasteiger partial charge on any atom is -0.331 e. The molecule has 0 fully saturated rings. The number of halogens is 3. The average Bonchev–Trinajstić information content (AvgIpc) is 2.75. The summed E-state index contributed by atoms with van der Waals surface area (Å²) < 4.78 is 40.0. The lowest BCUT2D eigenvalue weighted by molar-refractivity contribution is -0.137. The predicted octanol–water partition coefficient (Wildman–Crippen LogP) is 4.18.